The van der Waals surface area contributed by atoms with Crippen LogP contribution in [0.5, 0.6) is 11.5 Å². The molecule has 0 amide bonds. The maximum atomic E-state index is 12.8. The summed E-state index contributed by atoms with van der Waals surface area (Å²) in [5.41, 5.74) is 1.90. The Morgan fingerprint density at radius 1 is 1.24 bits per heavy atom. The third kappa shape index (κ3) is 3.23. The summed E-state index contributed by atoms with van der Waals surface area (Å²) >= 11 is 6.29. The number of halogens is 1. The van der Waals surface area contributed by atoms with Crippen molar-refractivity contribution in [2.24, 2.45) is 0 Å². The SMILES string of the molecule is COc1cc(/C=C2\CCn3c2nc2cc(C(=O)O)ccc2c3=O)cc(Cl)c1OC. The Hall–Kier alpha value is -3.32. The number of methoxy groups -OCH3 is 2. The van der Waals surface area contributed by atoms with Crippen LogP contribution in [0.25, 0.3) is 22.6 Å². The molecule has 8 heteroatoms. The van der Waals surface area contributed by atoms with Gasteiger partial charge in [0.25, 0.3) is 5.56 Å². The van der Waals surface area contributed by atoms with Gasteiger partial charge >= 0.3 is 5.97 Å². The first-order valence-corrected chi connectivity index (χ1v) is 9.21. The molecule has 1 N–H and O–H groups in total. The van der Waals surface area contributed by atoms with Crippen LogP contribution < -0.4 is 15.0 Å². The molecule has 29 heavy (non-hydrogen) atoms. The molecule has 2 heterocycles. The molecule has 0 saturated carbocycles. The zero-order valence-electron chi connectivity index (χ0n) is 15.7. The van der Waals surface area contributed by atoms with Crippen molar-refractivity contribution in [2.75, 3.05) is 14.2 Å². The van der Waals surface area contributed by atoms with Crippen molar-refractivity contribution in [1.82, 2.24) is 9.55 Å². The second-order valence-corrected chi connectivity index (χ2v) is 6.99. The van der Waals surface area contributed by atoms with Crippen molar-refractivity contribution >= 4 is 40.1 Å². The van der Waals surface area contributed by atoms with Crippen molar-refractivity contribution in [1.29, 1.82) is 0 Å². The van der Waals surface area contributed by atoms with Crippen LogP contribution in [-0.4, -0.2) is 34.8 Å². The van der Waals surface area contributed by atoms with Crippen molar-refractivity contribution in [2.45, 2.75) is 13.0 Å². The van der Waals surface area contributed by atoms with E-state index < -0.39 is 5.97 Å². The zero-order chi connectivity index (χ0) is 20.7. The van der Waals surface area contributed by atoms with Crippen LogP contribution in [0.1, 0.15) is 28.2 Å². The number of benzene rings is 2. The third-order valence-electron chi connectivity index (χ3n) is 4.89. The Kier molecular flexibility index (Phi) is 4.76. The van der Waals surface area contributed by atoms with Crippen LogP contribution in [0.15, 0.2) is 35.1 Å². The molecule has 7 nitrogen and oxygen atoms in total. The second kappa shape index (κ2) is 7.25. The fourth-order valence-electron chi connectivity index (χ4n) is 3.51. The van der Waals surface area contributed by atoms with E-state index in [1.54, 1.807) is 16.7 Å². The fraction of sp³-hybridized carbons (Fsp3) is 0.190. The first-order chi connectivity index (χ1) is 13.9. The van der Waals surface area contributed by atoms with Gasteiger partial charge in [-0.3, -0.25) is 9.36 Å². The van der Waals surface area contributed by atoms with E-state index in [2.05, 4.69) is 4.98 Å². The minimum absolute atomic E-state index is 0.0875. The second-order valence-electron chi connectivity index (χ2n) is 6.59. The molecule has 1 aliphatic rings. The molecule has 2 aromatic carbocycles. The van der Waals surface area contributed by atoms with Gasteiger partial charge in [-0.1, -0.05) is 11.6 Å². The molecule has 0 spiro atoms. The lowest BCUT2D eigenvalue weighted by Crippen LogP contribution is -2.21. The van der Waals surface area contributed by atoms with Gasteiger partial charge in [-0.2, -0.15) is 0 Å². The molecule has 0 bridgehead atoms. The highest BCUT2D eigenvalue weighted by molar-refractivity contribution is 6.32. The summed E-state index contributed by atoms with van der Waals surface area (Å²) in [6.45, 7) is 0.505. The lowest BCUT2D eigenvalue weighted by molar-refractivity contribution is 0.0697. The van der Waals surface area contributed by atoms with Gasteiger partial charge in [0.2, 0.25) is 0 Å². The fourth-order valence-corrected chi connectivity index (χ4v) is 3.81. The Labute approximate surface area is 170 Å². The van der Waals surface area contributed by atoms with E-state index in [0.29, 0.717) is 46.2 Å². The smallest absolute Gasteiger partial charge is 0.335 e. The Bertz CT molecular complexity index is 1250. The van der Waals surface area contributed by atoms with Crippen LogP contribution in [0, 0.1) is 0 Å². The molecule has 0 saturated heterocycles. The lowest BCUT2D eigenvalue weighted by Gasteiger charge is -2.11. The summed E-state index contributed by atoms with van der Waals surface area (Å²) < 4.78 is 12.2. The molecule has 148 valence electrons. The third-order valence-corrected chi connectivity index (χ3v) is 5.17. The van der Waals surface area contributed by atoms with Gasteiger partial charge in [0.1, 0.15) is 5.82 Å². The molecule has 1 aromatic heterocycles. The Morgan fingerprint density at radius 3 is 2.72 bits per heavy atom. The monoisotopic (exact) mass is 412 g/mol. The molecule has 0 unspecified atom stereocenters. The summed E-state index contributed by atoms with van der Waals surface area (Å²) in [5.74, 6) is 0.408. The van der Waals surface area contributed by atoms with Crippen molar-refractivity contribution in [3.8, 4) is 11.5 Å². The van der Waals surface area contributed by atoms with Crippen LogP contribution in [-0.2, 0) is 6.54 Å². The number of hydrogen-bond donors (Lipinski definition) is 1. The van der Waals surface area contributed by atoms with Crippen LogP contribution in [0.4, 0.5) is 0 Å². The van der Waals surface area contributed by atoms with E-state index in [1.165, 1.54) is 32.4 Å². The van der Waals surface area contributed by atoms with Crippen LogP contribution >= 0.6 is 11.6 Å². The zero-order valence-corrected chi connectivity index (χ0v) is 16.5. The largest absolute Gasteiger partial charge is 0.493 e. The number of nitrogens with zero attached hydrogens (tertiary/aromatic N) is 2. The number of carboxylic acid groups (broad SMARTS) is 1. The highest BCUT2D eigenvalue weighted by atomic mass is 35.5. The summed E-state index contributed by atoms with van der Waals surface area (Å²) in [4.78, 5) is 28.7. The number of aromatic carboxylic acids is 1. The summed E-state index contributed by atoms with van der Waals surface area (Å²) in [5, 5.41) is 10.0. The molecule has 0 fully saturated rings. The van der Waals surface area contributed by atoms with Gasteiger partial charge < -0.3 is 14.6 Å². The molecule has 4 rings (SSSR count). The number of rotatable bonds is 4. The number of fused-ring (bicyclic) bond motifs is 2. The first-order valence-electron chi connectivity index (χ1n) is 8.83. The molecule has 0 radical (unpaired) electrons. The van der Waals surface area contributed by atoms with Crippen LogP contribution in [0.3, 0.4) is 0 Å². The van der Waals surface area contributed by atoms with E-state index in [9.17, 15) is 14.7 Å². The summed E-state index contributed by atoms with van der Waals surface area (Å²) in [7, 11) is 3.05. The Balaban J connectivity index is 1.86. The van der Waals surface area contributed by atoms with Gasteiger partial charge in [-0.15, -0.1) is 0 Å². The van der Waals surface area contributed by atoms with E-state index in [-0.39, 0.29) is 11.1 Å². The maximum absolute atomic E-state index is 12.8. The van der Waals surface area contributed by atoms with Crippen molar-refractivity contribution < 1.29 is 19.4 Å². The molecular weight excluding hydrogens is 396 g/mol. The number of carboxylic acids is 1. The minimum Gasteiger partial charge on any atom is -0.493 e. The standard InChI is InChI=1S/C21H17ClN2O5/c1-28-17-9-11(8-15(22)18(17)29-2)7-12-5-6-24-19(12)23-16-10-13(21(26)27)3-4-14(16)20(24)25/h3-4,7-10H,5-6H2,1-2H3,(H,26,27)/b12-7+. The van der Waals surface area contributed by atoms with E-state index in [4.69, 9.17) is 21.1 Å². The number of hydrogen-bond acceptors (Lipinski definition) is 5. The summed E-state index contributed by atoms with van der Waals surface area (Å²) in [6.07, 6.45) is 2.52. The predicted octanol–water partition coefficient (Wildman–Crippen LogP) is 3.71. The highest BCUT2D eigenvalue weighted by Crippen LogP contribution is 2.37. The van der Waals surface area contributed by atoms with E-state index >= 15 is 0 Å². The summed E-state index contributed by atoms with van der Waals surface area (Å²) in [6, 6.07) is 7.89. The first kappa shape index (κ1) is 19.0. The van der Waals surface area contributed by atoms with Gasteiger partial charge in [0, 0.05) is 6.54 Å². The quantitative estimate of drug-likeness (QED) is 0.702. The maximum Gasteiger partial charge on any atom is 0.335 e. The van der Waals surface area contributed by atoms with E-state index in [0.717, 1.165) is 11.1 Å². The molecular formula is C21H17ClN2O5. The van der Waals surface area contributed by atoms with E-state index in [1.807, 2.05) is 6.08 Å². The highest BCUT2D eigenvalue weighted by Gasteiger charge is 2.22. The minimum atomic E-state index is -1.06. The molecule has 1 aliphatic heterocycles. The predicted molar refractivity (Wildman–Crippen MR) is 110 cm³/mol. The Morgan fingerprint density at radius 2 is 2.03 bits per heavy atom. The molecule has 0 aliphatic carbocycles. The van der Waals surface area contributed by atoms with Crippen molar-refractivity contribution in [3.63, 3.8) is 0 Å². The average molecular weight is 413 g/mol. The topological polar surface area (TPSA) is 90.7 Å². The number of carbonyl (C=O) groups is 1. The number of allylic oxidation sites excluding steroid dienone is 1. The normalized spacial score (nSPS) is 14.2. The molecule has 3 aromatic rings. The van der Waals surface area contributed by atoms with Gasteiger partial charge in [-0.25, -0.2) is 9.78 Å². The average Bonchev–Trinajstić information content (AvgIpc) is 3.10. The van der Waals surface area contributed by atoms with Crippen LogP contribution in [0.2, 0.25) is 5.02 Å². The number of aromatic nitrogens is 2. The van der Waals surface area contributed by atoms with Gasteiger partial charge in [0.05, 0.1) is 35.7 Å². The lowest BCUT2D eigenvalue weighted by atomic mass is 10.1. The van der Waals surface area contributed by atoms with Crippen molar-refractivity contribution in [3.05, 3.63) is 62.7 Å². The number of ether oxygens (including phenoxy) is 2. The van der Waals surface area contributed by atoms with Gasteiger partial charge in [0.15, 0.2) is 11.5 Å². The van der Waals surface area contributed by atoms with Gasteiger partial charge in [-0.05, 0) is 54.0 Å². The molecule has 0 atom stereocenters.